The zero-order chi connectivity index (χ0) is 6.15. The molecule has 0 aromatic carbocycles. The Morgan fingerprint density at radius 2 is 2.38 bits per heavy atom. The monoisotopic (exact) mass is 130 g/mol. The van der Waals surface area contributed by atoms with Crippen LogP contribution in [0.4, 0.5) is 0 Å². The zero-order valence-corrected chi connectivity index (χ0v) is 5.21. The molecule has 0 aliphatic carbocycles. The lowest BCUT2D eigenvalue weighted by atomic mass is 10.4. The van der Waals surface area contributed by atoms with Gasteiger partial charge in [0.25, 0.3) is 0 Å². The van der Waals surface area contributed by atoms with Gasteiger partial charge < -0.3 is 10.6 Å². The molecule has 1 fully saturated rings. The van der Waals surface area contributed by atoms with Crippen LogP contribution in [0.15, 0.2) is 0 Å². The summed E-state index contributed by atoms with van der Waals surface area (Å²) in [6.07, 6.45) is 0. The molecule has 1 amide bonds. The molecule has 1 rings (SSSR count). The molecular formula is C4H6N2OS. The van der Waals surface area contributed by atoms with Crippen molar-refractivity contribution in [3.63, 3.8) is 0 Å². The summed E-state index contributed by atoms with van der Waals surface area (Å²) in [6, 6.07) is -0.150. The number of hydrogen-bond donors (Lipinski definition) is 2. The van der Waals surface area contributed by atoms with E-state index in [1.54, 1.807) is 6.92 Å². The van der Waals surface area contributed by atoms with Crippen LogP contribution in [0.3, 0.4) is 0 Å². The third-order valence-electron chi connectivity index (χ3n) is 0.978. The summed E-state index contributed by atoms with van der Waals surface area (Å²) in [5, 5.41) is 5.62. The van der Waals surface area contributed by atoms with Crippen molar-refractivity contribution in [2.45, 2.75) is 13.0 Å². The molecule has 44 valence electrons. The van der Waals surface area contributed by atoms with Gasteiger partial charge in [-0.2, -0.15) is 0 Å². The van der Waals surface area contributed by atoms with Gasteiger partial charge in [-0.15, -0.1) is 0 Å². The minimum atomic E-state index is -0.150. The Labute approximate surface area is 52.4 Å². The standard InChI is InChI=1S/C4H6N2OS/c1-2-3(7)6-4(8)5-2/h2H,1H3,(H2,5,6,7,8)/t2-/m1/s1. The number of nitrogens with one attached hydrogen (secondary N) is 2. The third kappa shape index (κ3) is 0.790. The van der Waals surface area contributed by atoms with Crippen molar-refractivity contribution in [3.05, 3.63) is 0 Å². The highest BCUT2D eigenvalue weighted by Gasteiger charge is 2.21. The number of carbonyl (C=O) groups is 1. The quantitative estimate of drug-likeness (QED) is 0.429. The lowest BCUT2D eigenvalue weighted by Gasteiger charge is -1.93. The summed E-state index contributed by atoms with van der Waals surface area (Å²) in [6.45, 7) is 1.76. The molecule has 0 radical (unpaired) electrons. The van der Waals surface area contributed by atoms with Crippen LogP contribution < -0.4 is 10.6 Å². The molecule has 1 saturated heterocycles. The van der Waals surface area contributed by atoms with Gasteiger partial charge in [-0.3, -0.25) is 4.79 Å². The normalized spacial score (nSPS) is 27.4. The van der Waals surface area contributed by atoms with Gasteiger partial charge in [0.2, 0.25) is 5.91 Å². The molecule has 4 heteroatoms. The van der Waals surface area contributed by atoms with E-state index in [9.17, 15) is 4.79 Å². The zero-order valence-electron chi connectivity index (χ0n) is 4.39. The van der Waals surface area contributed by atoms with Crippen molar-refractivity contribution in [2.75, 3.05) is 0 Å². The first-order chi connectivity index (χ1) is 3.70. The van der Waals surface area contributed by atoms with Crippen LogP contribution in [0.25, 0.3) is 0 Å². The fourth-order valence-corrected chi connectivity index (χ4v) is 0.796. The molecule has 1 aliphatic rings. The molecule has 1 heterocycles. The largest absolute Gasteiger partial charge is 0.351 e. The van der Waals surface area contributed by atoms with Gasteiger partial charge in [0.15, 0.2) is 5.11 Å². The van der Waals surface area contributed by atoms with E-state index in [4.69, 9.17) is 0 Å². The first kappa shape index (κ1) is 5.50. The predicted octanol–water partition coefficient (Wildman–Crippen LogP) is -0.621. The van der Waals surface area contributed by atoms with E-state index in [0.717, 1.165) is 0 Å². The van der Waals surface area contributed by atoms with Gasteiger partial charge in [-0.05, 0) is 19.1 Å². The average molecular weight is 130 g/mol. The molecule has 0 unspecified atom stereocenters. The van der Waals surface area contributed by atoms with Gasteiger partial charge in [-0.1, -0.05) is 0 Å². The Bertz CT molecular complexity index is 145. The molecule has 2 N–H and O–H groups in total. The van der Waals surface area contributed by atoms with Gasteiger partial charge in [0.05, 0.1) is 0 Å². The Kier molecular flexibility index (Phi) is 1.17. The molecule has 0 spiro atoms. The SMILES string of the molecule is C[C@H]1NC(=S)NC1=O. The highest BCUT2D eigenvalue weighted by molar-refractivity contribution is 7.80. The van der Waals surface area contributed by atoms with Crippen LogP contribution in [-0.2, 0) is 4.79 Å². The third-order valence-corrected chi connectivity index (χ3v) is 1.20. The van der Waals surface area contributed by atoms with E-state index in [1.807, 2.05) is 0 Å². The summed E-state index contributed by atoms with van der Waals surface area (Å²) in [5.41, 5.74) is 0. The maximum absolute atomic E-state index is 10.5. The average Bonchev–Trinajstić information content (AvgIpc) is 1.85. The van der Waals surface area contributed by atoms with Crippen molar-refractivity contribution in [1.29, 1.82) is 0 Å². The van der Waals surface area contributed by atoms with Gasteiger partial charge in [-0.25, -0.2) is 0 Å². The molecule has 8 heavy (non-hydrogen) atoms. The van der Waals surface area contributed by atoms with Crippen molar-refractivity contribution in [2.24, 2.45) is 0 Å². The van der Waals surface area contributed by atoms with Crippen LogP contribution in [0.2, 0.25) is 0 Å². The van der Waals surface area contributed by atoms with Crippen molar-refractivity contribution in [1.82, 2.24) is 10.6 Å². The number of hydrogen-bond acceptors (Lipinski definition) is 2. The highest BCUT2D eigenvalue weighted by Crippen LogP contribution is 1.88. The van der Waals surface area contributed by atoms with Gasteiger partial charge >= 0.3 is 0 Å². The molecule has 1 aliphatic heterocycles. The van der Waals surface area contributed by atoms with Crippen molar-refractivity contribution < 1.29 is 4.79 Å². The fourth-order valence-electron chi connectivity index (χ4n) is 0.518. The molecule has 1 atom stereocenters. The van der Waals surface area contributed by atoms with E-state index in [2.05, 4.69) is 22.9 Å². The molecule has 0 saturated carbocycles. The second-order valence-electron chi connectivity index (χ2n) is 1.68. The van der Waals surface area contributed by atoms with E-state index in [0.29, 0.717) is 5.11 Å². The van der Waals surface area contributed by atoms with Crippen molar-refractivity contribution in [3.8, 4) is 0 Å². The smallest absolute Gasteiger partial charge is 0.248 e. The minimum Gasteiger partial charge on any atom is -0.351 e. The van der Waals surface area contributed by atoms with Crippen molar-refractivity contribution >= 4 is 23.2 Å². The number of amides is 1. The summed E-state index contributed by atoms with van der Waals surface area (Å²) < 4.78 is 0. The number of thiocarbonyl (C=S) groups is 1. The minimum absolute atomic E-state index is 0.0463. The summed E-state index contributed by atoms with van der Waals surface area (Å²) in [4.78, 5) is 10.5. The van der Waals surface area contributed by atoms with Crippen LogP contribution >= 0.6 is 12.2 Å². The summed E-state index contributed by atoms with van der Waals surface area (Å²) >= 11 is 4.63. The predicted molar refractivity (Wildman–Crippen MR) is 33.3 cm³/mol. The second-order valence-corrected chi connectivity index (χ2v) is 2.09. The molecule has 3 nitrogen and oxygen atoms in total. The van der Waals surface area contributed by atoms with Gasteiger partial charge in [0, 0.05) is 0 Å². The Morgan fingerprint density at radius 3 is 2.50 bits per heavy atom. The van der Waals surface area contributed by atoms with Crippen LogP contribution in [0.1, 0.15) is 6.92 Å². The lowest BCUT2D eigenvalue weighted by molar-refractivity contribution is -0.119. The Hall–Kier alpha value is -0.640. The maximum Gasteiger partial charge on any atom is 0.248 e. The summed E-state index contributed by atoms with van der Waals surface area (Å²) in [5.74, 6) is -0.0463. The lowest BCUT2D eigenvalue weighted by Crippen LogP contribution is -2.24. The summed E-state index contributed by atoms with van der Waals surface area (Å²) in [7, 11) is 0. The maximum atomic E-state index is 10.5. The van der Waals surface area contributed by atoms with E-state index >= 15 is 0 Å². The second kappa shape index (κ2) is 1.70. The highest BCUT2D eigenvalue weighted by atomic mass is 32.1. The Balaban J connectivity index is 2.64. The van der Waals surface area contributed by atoms with Crippen LogP contribution in [0.5, 0.6) is 0 Å². The van der Waals surface area contributed by atoms with Gasteiger partial charge in [0.1, 0.15) is 6.04 Å². The van der Waals surface area contributed by atoms with Crippen LogP contribution in [-0.4, -0.2) is 17.1 Å². The number of rotatable bonds is 0. The van der Waals surface area contributed by atoms with E-state index in [1.165, 1.54) is 0 Å². The van der Waals surface area contributed by atoms with Crippen LogP contribution in [0, 0.1) is 0 Å². The van der Waals surface area contributed by atoms with E-state index in [-0.39, 0.29) is 11.9 Å². The van der Waals surface area contributed by atoms with E-state index < -0.39 is 0 Å². The Morgan fingerprint density at radius 1 is 1.75 bits per heavy atom. The fraction of sp³-hybridized carbons (Fsp3) is 0.500. The number of carbonyl (C=O) groups excluding carboxylic acids is 1. The molecule has 0 bridgehead atoms. The first-order valence-electron chi connectivity index (χ1n) is 2.31. The first-order valence-corrected chi connectivity index (χ1v) is 2.72. The molecule has 0 aromatic rings. The molecular weight excluding hydrogens is 124 g/mol. The molecule has 0 aromatic heterocycles. The topological polar surface area (TPSA) is 41.1 Å².